The number of aromatic nitrogens is 2. The predicted octanol–water partition coefficient (Wildman–Crippen LogP) is -1.05. The molecule has 3 amide bonds. The summed E-state index contributed by atoms with van der Waals surface area (Å²) < 4.78 is 0. The molecule has 2 aromatic rings. The molecule has 0 aliphatic rings. The lowest BCUT2D eigenvalue weighted by molar-refractivity contribution is -0.142. The van der Waals surface area contributed by atoms with E-state index in [0.29, 0.717) is 5.69 Å². The molecule has 1 aromatic heterocycles. The van der Waals surface area contributed by atoms with Crippen LogP contribution in [-0.4, -0.2) is 74.0 Å². The second-order valence-corrected chi connectivity index (χ2v) is 8.18. The second-order valence-electron chi connectivity index (χ2n) is 8.18. The predicted molar refractivity (Wildman–Crippen MR) is 126 cm³/mol. The van der Waals surface area contributed by atoms with E-state index in [1.54, 1.807) is 30.3 Å². The lowest BCUT2D eigenvalue weighted by Crippen LogP contribution is -2.57. The van der Waals surface area contributed by atoms with Crippen LogP contribution in [0.4, 0.5) is 0 Å². The van der Waals surface area contributed by atoms with Crippen molar-refractivity contribution in [1.82, 2.24) is 25.9 Å². The number of benzene rings is 1. The maximum atomic E-state index is 13.0. The Kier molecular flexibility index (Phi) is 10.6. The molecule has 194 valence electrons. The van der Waals surface area contributed by atoms with Gasteiger partial charge >= 0.3 is 11.9 Å². The summed E-state index contributed by atoms with van der Waals surface area (Å²) in [6, 6.07) is 4.13. The fraction of sp³-hybridized carbons (Fsp3) is 0.391. The van der Waals surface area contributed by atoms with E-state index in [1.807, 2.05) is 0 Å². The quantitative estimate of drug-likeness (QED) is 0.167. The molecule has 0 saturated carbocycles. The number of nitrogens with two attached hydrogens (primary N) is 1. The molecule has 2 rings (SSSR count). The zero-order valence-corrected chi connectivity index (χ0v) is 19.6. The molecule has 1 heterocycles. The molecule has 0 aliphatic heterocycles. The van der Waals surface area contributed by atoms with Gasteiger partial charge in [0.05, 0.1) is 18.1 Å². The van der Waals surface area contributed by atoms with Crippen molar-refractivity contribution in [3.8, 4) is 0 Å². The van der Waals surface area contributed by atoms with E-state index in [4.69, 9.17) is 10.8 Å². The largest absolute Gasteiger partial charge is 0.481 e. The summed E-state index contributed by atoms with van der Waals surface area (Å²) in [4.78, 5) is 67.0. The van der Waals surface area contributed by atoms with Gasteiger partial charge in [-0.2, -0.15) is 0 Å². The first kappa shape index (κ1) is 28.0. The molecular weight excluding hydrogens is 472 g/mol. The fourth-order valence-electron chi connectivity index (χ4n) is 3.24. The number of hydrogen-bond donors (Lipinski definition) is 7. The number of nitrogens with zero attached hydrogens (tertiary/aromatic N) is 1. The maximum absolute atomic E-state index is 13.0. The SMILES string of the molecule is C[C@H](NC(=O)[C@H](Cc1ccccc1)NC(=O)[C@@H](N)CCC(=O)O)C(=O)N[C@@H](Cc1c[nH]cn1)C(=O)O. The van der Waals surface area contributed by atoms with E-state index >= 15 is 0 Å². The third-order valence-corrected chi connectivity index (χ3v) is 5.26. The van der Waals surface area contributed by atoms with Crippen LogP contribution in [0.25, 0.3) is 0 Å². The van der Waals surface area contributed by atoms with E-state index < -0.39 is 53.8 Å². The Hall–Kier alpha value is -4.26. The molecule has 0 fully saturated rings. The fourth-order valence-corrected chi connectivity index (χ4v) is 3.24. The number of carbonyl (C=O) groups excluding carboxylic acids is 3. The number of rotatable bonds is 14. The Balaban J connectivity index is 2.05. The van der Waals surface area contributed by atoms with Gasteiger partial charge in [0.25, 0.3) is 0 Å². The standard InChI is InChI=1S/C23H30N6O7/c1-13(20(32)29-18(23(35)36)10-15-11-25-12-26-15)27-22(34)17(9-14-5-3-2-4-6-14)28-21(33)16(24)7-8-19(30)31/h2-6,11-13,16-18H,7-10,24H2,1H3,(H,25,26)(H,27,34)(H,28,33)(H,29,32)(H,30,31)(H,35,36)/t13-,16-,17-,18-/m0/s1. The first-order valence-corrected chi connectivity index (χ1v) is 11.2. The Labute approximate surface area is 206 Å². The van der Waals surface area contributed by atoms with E-state index in [-0.39, 0.29) is 25.7 Å². The number of amides is 3. The van der Waals surface area contributed by atoms with E-state index in [2.05, 4.69) is 25.9 Å². The molecule has 4 atom stereocenters. The average molecular weight is 503 g/mol. The summed E-state index contributed by atoms with van der Waals surface area (Å²) in [5.41, 5.74) is 6.92. The number of aromatic amines is 1. The first-order valence-electron chi connectivity index (χ1n) is 11.2. The molecule has 0 spiro atoms. The zero-order valence-electron chi connectivity index (χ0n) is 19.6. The summed E-state index contributed by atoms with van der Waals surface area (Å²) in [6.45, 7) is 1.38. The van der Waals surface area contributed by atoms with Crippen molar-refractivity contribution in [3.63, 3.8) is 0 Å². The molecule has 0 aliphatic carbocycles. The van der Waals surface area contributed by atoms with E-state index in [0.717, 1.165) is 5.56 Å². The van der Waals surface area contributed by atoms with Crippen molar-refractivity contribution in [2.45, 2.75) is 56.8 Å². The van der Waals surface area contributed by atoms with Crippen molar-refractivity contribution in [2.75, 3.05) is 0 Å². The molecule has 13 heteroatoms. The average Bonchev–Trinajstić information content (AvgIpc) is 3.35. The minimum Gasteiger partial charge on any atom is -0.481 e. The van der Waals surface area contributed by atoms with Crippen molar-refractivity contribution < 1.29 is 34.2 Å². The zero-order chi connectivity index (χ0) is 26.7. The summed E-state index contributed by atoms with van der Waals surface area (Å²) >= 11 is 0. The topological polar surface area (TPSA) is 217 Å². The van der Waals surface area contributed by atoms with Gasteiger partial charge in [0.15, 0.2) is 0 Å². The van der Waals surface area contributed by atoms with Gasteiger partial charge in [0, 0.05) is 25.5 Å². The molecule has 8 N–H and O–H groups in total. The lowest BCUT2D eigenvalue weighted by Gasteiger charge is -2.23. The Morgan fingerprint density at radius 1 is 0.944 bits per heavy atom. The molecular formula is C23H30N6O7. The Bertz CT molecular complexity index is 1040. The van der Waals surface area contributed by atoms with Crippen LogP contribution in [0.3, 0.4) is 0 Å². The van der Waals surface area contributed by atoms with Crippen molar-refractivity contribution in [3.05, 3.63) is 54.1 Å². The Morgan fingerprint density at radius 3 is 2.19 bits per heavy atom. The van der Waals surface area contributed by atoms with Gasteiger partial charge in [-0.3, -0.25) is 19.2 Å². The van der Waals surface area contributed by atoms with Crippen molar-refractivity contribution in [2.24, 2.45) is 5.73 Å². The number of carbonyl (C=O) groups is 5. The monoisotopic (exact) mass is 502 g/mol. The highest BCUT2D eigenvalue weighted by atomic mass is 16.4. The van der Waals surface area contributed by atoms with Gasteiger partial charge in [-0.1, -0.05) is 30.3 Å². The molecule has 0 bridgehead atoms. The number of carboxylic acids is 2. The highest BCUT2D eigenvalue weighted by Crippen LogP contribution is 2.06. The molecule has 0 saturated heterocycles. The van der Waals surface area contributed by atoms with Crippen molar-refractivity contribution >= 4 is 29.7 Å². The van der Waals surface area contributed by atoms with Crippen LogP contribution in [-0.2, 0) is 36.8 Å². The van der Waals surface area contributed by atoms with Gasteiger partial charge in [0.1, 0.15) is 18.1 Å². The van der Waals surface area contributed by atoms with Crippen LogP contribution in [0.15, 0.2) is 42.9 Å². The summed E-state index contributed by atoms with van der Waals surface area (Å²) in [7, 11) is 0. The molecule has 36 heavy (non-hydrogen) atoms. The molecule has 1 aromatic carbocycles. The molecule has 13 nitrogen and oxygen atoms in total. The first-order chi connectivity index (χ1) is 17.1. The summed E-state index contributed by atoms with van der Waals surface area (Å²) in [5.74, 6) is -4.53. The summed E-state index contributed by atoms with van der Waals surface area (Å²) in [6.07, 6.45) is 2.47. The highest BCUT2D eigenvalue weighted by Gasteiger charge is 2.29. The molecule has 0 radical (unpaired) electrons. The Morgan fingerprint density at radius 2 is 1.61 bits per heavy atom. The third-order valence-electron chi connectivity index (χ3n) is 5.26. The lowest BCUT2D eigenvalue weighted by atomic mass is 10.0. The van der Waals surface area contributed by atoms with Crippen LogP contribution >= 0.6 is 0 Å². The van der Waals surface area contributed by atoms with Crippen LogP contribution in [0.2, 0.25) is 0 Å². The number of imidazole rings is 1. The van der Waals surface area contributed by atoms with Crippen LogP contribution in [0.5, 0.6) is 0 Å². The number of carboxylic acid groups (broad SMARTS) is 2. The normalized spacial score (nSPS) is 14.1. The smallest absolute Gasteiger partial charge is 0.326 e. The van der Waals surface area contributed by atoms with Gasteiger partial charge in [-0.15, -0.1) is 0 Å². The van der Waals surface area contributed by atoms with Gasteiger partial charge < -0.3 is 36.9 Å². The minimum absolute atomic E-state index is 0.0633. The van der Waals surface area contributed by atoms with Crippen molar-refractivity contribution in [1.29, 1.82) is 0 Å². The highest BCUT2D eigenvalue weighted by molar-refractivity contribution is 5.94. The van der Waals surface area contributed by atoms with Crippen LogP contribution < -0.4 is 21.7 Å². The second kappa shape index (κ2) is 13.6. The molecule has 0 unspecified atom stereocenters. The van der Waals surface area contributed by atoms with Gasteiger partial charge in [0.2, 0.25) is 17.7 Å². The van der Waals surface area contributed by atoms with Crippen LogP contribution in [0, 0.1) is 0 Å². The number of hydrogen-bond acceptors (Lipinski definition) is 7. The van der Waals surface area contributed by atoms with Gasteiger partial charge in [-0.05, 0) is 18.9 Å². The number of nitrogens with one attached hydrogen (secondary N) is 4. The van der Waals surface area contributed by atoms with E-state index in [9.17, 15) is 29.1 Å². The van der Waals surface area contributed by atoms with E-state index in [1.165, 1.54) is 19.4 Å². The van der Waals surface area contributed by atoms with Crippen LogP contribution in [0.1, 0.15) is 31.0 Å². The van der Waals surface area contributed by atoms with Gasteiger partial charge in [-0.25, -0.2) is 9.78 Å². The maximum Gasteiger partial charge on any atom is 0.326 e. The number of aliphatic carboxylic acids is 2. The summed E-state index contributed by atoms with van der Waals surface area (Å²) in [5, 5.41) is 25.6. The number of H-pyrrole nitrogens is 1. The minimum atomic E-state index is -1.27. The third kappa shape index (κ3) is 9.18.